The van der Waals surface area contributed by atoms with E-state index in [9.17, 15) is 4.79 Å². The zero-order valence-corrected chi connectivity index (χ0v) is 18.7. The number of guanidine groups is 1. The number of benzene rings is 2. The highest BCUT2D eigenvalue weighted by molar-refractivity contribution is 6.30. The molecule has 0 aliphatic carbocycles. The van der Waals surface area contributed by atoms with Crippen LogP contribution in [0.15, 0.2) is 76.0 Å². The van der Waals surface area contributed by atoms with Gasteiger partial charge in [-0.25, -0.2) is 0 Å². The van der Waals surface area contributed by atoms with E-state index in [4.69, 9.17) is 10.1 Å². The molecule has 2 unspecified atom stereocenters. The third-order valence-corrected chi connectivity index (χ3v) is 6.92. The molecule has 2 aromatic rings. The first kappa shape index (κ1) is 20.0. The number of fused-ring (bicyclic) bond motifs is 2. The van der Waals surface area contributed by atoms with Crippen molar-refractivity contribution in [3.8, 4) is 0 Å². The van der Waals surface area contributed by atoms with Crippen LogP contribution in [0.4, 0.5) is 11.4 Å². The Balaban J connectivity index is 1.33. The number of hydrogen-bond donors (Lipinski definition) is 2. The Labute approximate surface area is 192 Å². The summed E-state index contributed by atoms with van der Waals surface area (Å²) in [4.78, 5) is 21.4. The van der Waals surface area contributed by atoms with Crippen LogP contribution in [0.3, 0.4) is 0 Å². The van der Waals surface area contributed by atoms with Gasteiger partial charge in [0.1, 0.15) is 6.21 Å². The molecule has 4 aliphatic heterocycles. The normalized spacial score (nSPS) is 27.1. The number of hydrogen-bond acceptors (Lipinski definition) is 6. The Morgan fingerprint density at radius 3 is 2.88 bits per heavy atom. The molecule has 2 aromatic carbocycles. The molecule has 0 spiro atoms. The van der Waals surface area contributed by atoms with Crippen LogP contribution in [0.5, 0.6) is 0 Å². The minimum Gasteiger partial charge on any atom is -0.325 e. The number of aliphatic imine (C=N–C) groups is 2. The highest BCUT2D eigenvalue weighted by Gasteiger charge is 2.51. The van der Waals surface area contributed by atoms with Gasteiger partial charge < -0.3 is 10.6 Å². The molecule has 0 radical (unpaired) electrons. The lowest BCUT2D eigenvalue weighted by atomic mass is 9.86. The van der Waals surface area contributed by atoms with Gasteiger partial charge in [-0.15, -0.1) is 10.0 Å². The number of anilines is 2. The molecule has 2 N–H and O–H groups in total. The topological polar surface area (TPSA) is 81.5 Å². The van der Waals surface area contributed by atoms with Crippen LogP contribution in [0.2, 0.25) is 0 Å². The third-order valence-electron chi connectivity index (χ3n) is 6.92. The van der Waals surface area contributed by atoms with Gasteiger partial charge in [-0.1, -0.05) is 36.4 Å². The van der Waals surface area contributed by atoms with Gasteiger partial charge in [-0.2, -0.15) is 0 Å². The first-order valence-electron chi connectivity index (χ1n) is 11.3. The number of carbonyl (C=O) groups is 1. The summed E-state index contributed by atoms with van der Waals surface area (Å²) < 4.78 is 0.181. The first-order chi connectivity index (χ1) is 16.0. The van der Waals surface area contributed by atoms with E-state index in [-0.39, 0.29) is 16.7 Å². The lowest BCUT2D eigenvalue weighted by molar-refractivity contribution is -0.921. The van der Waals surface area contributed by atoms with E-state index in [2.05, 4.69) is 44.9 Å². The maximum Gasteiger partial charge on any atom is 0.301 e. The van der Waals surface area contributed by atoms with E-state index in [0.29, 0.717) is 5.96 Å². The quantitative estimate of drug-likeness (QED) is 0.704. The monoisotopic (exact) mass is 440 g/mol. The van der Waals surface area contributed by atoms with Crippen molar-refractivity contribution in [1.29, 1.82) is 0 Å². The lowest BCUT2D eigenvalue weighted by Crippen LogP contribution is -2.56. The number of nitrogens with one attached hydrogen (secondary N) is 2. The molecule has 0 aromatic heterocycles. The van der Waals surface area contributed by atoms with Crippen molar-refractivity contribution in [2.75, 3.05) is 17.2 Å². The van der Waals surface area contributed by atoms with Crippen LogP contribution in [0.1, 0.15) is 43.9 Å². The van der Waals surface area contributed by atoms with Crippen molar-refractivity contribution in [1.82, 2.24) is 5.01 Å². The van der Waals surface area contributed by atoms with E-state index < -0.39 is 5.41 Å². The van der Waals surface area contributed by atoms with E-state index >= 15 is 0 Å². The second-order valence-electron chi connectivity index (χ2n) is 9.32. The summed E-state index contributed by atoms with van der Waals surface area (Å²) in [7, 11) is 0. The minimum atomic E-state index is -0.529. The maximum absolute atomic E-state index is 12.3. The van der Waals surface area contributed by atoms with Crippen LogP contribution >= 0.6 is 0 Å². The summed E-state index contributed by atoms with van der Waals surface area (Å²) in [6, 6.07) is 16.7. The smallest absolute Gasteiger partial charge is 0.301 e. The minimum absolute atomic E-state index is 0.0112. The van der Waals surface area contributed by atoms with Gasteiger partial charge in [0.15, 0.2) is 6.20 Å². The van der Waals surface area contributed by atoms with Crippen LogP contribution < -0.4 is 10.6 Å². The highest BCUT2D eigenvalue weighted by atomic mass is 16.2. The fourth-order valence-electron chi connectivity index (χ4n) is 5.12. The molecule has 1 amide bonds. The molecular formula is C25H26N7O+. The summed E-state index contributed by atoms with van der Waals surface area (Å²) in [5.74, 6) is 1.29. The van der Waals surface area contributed by atoms with Crippen molar-refractivity contribution in [3.63, 3.8) is 0 Å². The van der Waals surface area contributed by atoms with Crippen LogP contribution in [-0.2, 0) is 10.2 Å². The molecular weight excluding hydrogens is 414 g/mol. The number of carbonyl (C=O) groups excluding carboxylic acids is 1. The van der Waals surface area contributed by atoms with Gasteiger partial charge in [0.25, 0.3) is 5.96 Å². The van der Waals surface area contributed by atoms with Gasteiger partial charge in [-0.3, -0.25) is 9.79 Å². The summed E-state index contributed by atoms with van der Waals surface area (Å²) in [5.41, 5.74) is 3.41. The largest absolute Gasteiger partial charge is 0.325 e. The SMILES string of the molecule is CC1(C)C(=O)Nc2cc(NC3=N[N+]4(N5CCCC5c5ccccc5)C=CN=CC4=N3)ccc21. The predicted molar refractivity (Wildman–Crippen MR) is 130 cm³/mol. The maximum atomic E-state index is 12.3. The van der Waals surface area contributed by atoms with Crippen molar-refractivity contribution in [2.24, 2.45) is 15.1 Å². The Bertz CT molecular complexity index is 1260. The van der Waals surface area contributed by atoms with Crippen LogP contribution in [-0.4, -0.2) is 40.2 Å². The average Bonchev–Trinajstić information content (AvgIpc) is 3.50. The molecule has 1 fully saturated rings. The summed E-state index contributed by atoms with van der Waals surface area (Å²) in [6.07, 6.45) is 7.72. The number of quaternary nitrogens is 1. The van der Waals surface area contributed by atoms with Crippen LogP contribution in [0.25, 0.3) is 0 Å². The second kappa shape index (κ2) is 7.19. The molecule has 0 bridgehead atoms. The van der Waals surface area contributed by atoms with Crippen LogP contribution in [0, 0.1) is 0 Å². The molecule has 8 heteroatoms. The second-order valence-corrected chi connectivity index (χ2v) is 9.32. The Hall–Kier alpha value is -3.62. The number of nitrogens with zero attached hydrogens (tertiary/aromatic N) is 5. The molecule has 1 saturated heterocycles. The summed E-state index contributed by atoms with van der Waals surface area (Å²) in [6.45, 7) is 4.78. The van der Waals surface area contributed by atoms with Gasteiger partial charge in [0.05, 0.1) is 24.2 Å². The van der Waals surface area contributed by atoms with Crippen molar-refractivity contribution >= 4 is 35.3 Å². The first-order valence-corrected chi connectivity index (χ1v) is 11.3. The van der Waals surface area contributed by atoms with Crippen molar-refractivity contribution in [2.45, 2.75) is 38.1 Å². The molecule has 0 saturated carbocycles. The Kier molecular flexibility index (Phi) is 4.36. The predicted octanol–water partition coefficient (Wildman–Crippen LogP) is 4.14. The molecule has 8 nitrogen and oxygen atoms in total. The molecule has 166 valence electrons. The molecule has 4 heterocycles. The standard InChI is InChI=1S/C25H25N7O/c1-25(2)19-11-10-18(15-20(19)28-23(25)33)27-24-29-22-16-26-12-14-32(22,30-24)31-13-6-9-21(31)17-7-4-3-5-8-17/h3-5,7-8,10-12,14-16,21H,6,9,13H2,1-2H3,(H-,27,28,30,33)/p+1. The van der Waals surface area contributed by atoms with Gasteiger partial charge in [0.2, 0.25) is 5.91 Å². The molecule has 33 heavy (non-hydrogen) atoms. The fourth-order valence-corrected chi connectivity index (χ4v) is 5.12. The van der Waals surface area contributed by atoms with Gasteiger partial charge >= 0.3 is 5.84 Å². The zero-order chi connectivity index (χ0) is 22.6. The summed E-state index contributed by atoms with van der Waals surface area (Å²) >= 11 is 0. The Morgan fingerprint density at radius 2 is 2.03 bits per heavy atom. The Morgan fingerprint density at radius 1 is 1.18 bits per heavy atom. The third kappa shape index (κ3) is 3.06. The number of rotatable bonds is 3. The van der Waals surface area contributed by atoms with E-state index in [0.717, 1.165) is 42.2 Å². The molecule has 6 rings (SSSR count). The highest BCUT2D eigenvalue weighted by Crippen LogP contribution is 2.41. The molecule has 2 atom stereocenters. The lowest BCUT2D eigenvalue weighted by Gasteiger charge is -2.35. The van der Waals surface area contributed by atoms with Gasteiger partial charge in [0, 0.05) is 11.4 Å². The number of amides is 1. The summed E-state index contributed by atoms with van der Waals surface area (Å²) in [5, 5.41) is 13.7. The van der Waals surface area contributed by atoms with Crippen molar-refractivity contribution in [3.05, 3.63) is 72.1 Å². The van der Waals surface area contributed by atoms with E-state index in [1.807, 2.05) is 44.3 Å². The average molecular weight is 441 g/mol. The van der Waals surface area contributed by atoms with E-state index in [1.54, 1.807) is 12.4 Å². The number of amidine groups is 1. The molecule has 4 aliphatic rings. The fraction of sp³-hybridized carbons (Fsp3) is 0.280. The zero-order valence-electron chi connectivity index (χ0n) is 18.7. The van der Waals surface area contributed by atoms with Crippen molar-refractivity contribution < 1.29 is 9.50 Å². The van der Waals surface area contributed by atoms with Gasteiger partial charge in [-0.05, 0) is 59.8 Å². The van der Waals surface area contributed by atoms with E-state index in [1.165, 1.54) is 5.56 Å².